The molecule has 0 saturated heterocycles. The van der Waals surface area contributed by atoms with E-state index in [1.165, 1.54) is 5.56 Å². The van der Waals surface area contributed by atoms with Gasteiger partial charge in [-0.1, -0.05) is 30.3 Å². The maximum Gasteiger partial charge on any atom is 0.0717 e. The van der Waals surface area contributed by atoms with Crippen molar-refractivity contribution in [2.45, 2.75) is 20.1 Å². The molecule has 2 aromatic rings. The van der Waals surface area contributed by atoms with Crippen LogP contribution in [-0.4, -0.2) is 16.6 Å². The van der Waals surface area contributed by atoms with E-state index in [9.17, 15) is 5.11 Å². The van der Waals surface area contributed by atoms with E-state index < -0.39 is 0 Å². The summed E-state index contributed by atoms with van der Waals surface area (Å²) in [6.07, 6.45) is 3.49. The summed E-state index contributed by atoms with van der Waals surface area (Å²) < 4.78 is 0. The molecule has 0 amide bonds. The molecule has 2 rings (SSSR count). The van der Waals surface area contributed by atoms with Gasteiger partial charge in [0, 0.05) is 36.7 Å². The topological polar surface area (TPSA) is 36.4 Å². The number of aliphatic hydroxyl groups excluding tert-OH is 1. The second-order valence-corrected chi connectivity index (χ2v) is 4.16. The van der Waals surface area contributed by atoms with E-state index in [2.05, 4.69) is 28.9 Å². The number of nitrogens with zero attached hydrogens (tertiary/aromatic N) is 2. The average Bonchev–Trinajstić information content (AvgIpc) is 2.46. The highest BCUT2D eigenvalue weighted by molar-refractivity contribution is 5.52. The molecular formula is C15H18N2O. The fourth-order valence-electron chi connectivity index (χ4n) is 2.02. The lowest BCUT2D eigenvalue weighted by Gasteiger charge is -2.25. The fourth-order valence-corrected chi connectivity index (χ4v) is 2.02. The molecule has 0 unspecified atom stereocenters. The van der Waals surface area contributed by atoms with Gasteiger partial charge in [-0.25, -0.2) is 0 Å². The van der Waals surface area contributed by atoms with Gasteiger partial charge in [0.05, 0.1) is 6.61 Å². The maximum absolute atomic E-state index is 9.36. The Hall–Kier alpha value is -1.87. The Kier molecular flexibility index (Phi) is 4.31. The maximum atomic E-state index is 9.36. The number of anilines is 1. The molecule has 0 radical (unpaired) electrons. The lowest BCUT2D eigenvalue weighted by atomic mass is 10.1. The smallest absolute Gasteiger partial charge is 0.0717 e. The van der Waals surface area contributed by atoms with Crippen molar-refractivity contribution in [3.63, 3.8) is 0 Å². The lowest BCUT2D eigenvalue weighted by molar-refractivity contribution is 0.281. The first-order chi connectivity index (χ1) is 8.85. The Morgan fingerprint density at radius 2 is 1.94 bits per heavy atom. The normalized spacial score (nSPS) is 10.3. The predicted octanol–water partition coefficient (Wildman–Crippen LogP) is 2.60. The van der Waals surface area contributed by atoms with Gasteiger partial charge < -0.3 is 10.0 Å². The number of benzene rings is 1. The third-order valence-electron chi connectivity index (χ3n) is 2.99. The number of aliphatic hydroxyl groups is 1. The molecule has 18 heavy (non-hydrogen) atoms. The van der Waals surface area contributed by atoms with E-state index in [1.807, 2.05) is 24.3 Å². The number of hydrogen-bond acceptors (Lipinski definition) is 3. The third-order valence-corrected chi connectivity index (χ3v) is 2.99. The molecular weight excluding hydrogens is 224 g/mol. The molecule has 1 aromatic carbocycles. The van der Waals surface area contributed by atoms with Crippen LogP contribution in [0.1, 0.15) is 18.1 Å². The monoisotopic (exact) mass is 242 g/mol. The summed E-state index contributed by atoms with van der Waals surface area (Å²) in [6, 6.07) is 12.3. The third kappa shape index (κ3) is 2.87. The molecule has 1 aromatic heterocycles. The van der Waals surface area contributed by atoms with Crippen LogP contribution in [0, 0.1) is 0 Å². The SMILES string of the molecule is CCN(Cc1ccccc1)c1ccncc1CO. The summed E-state index contributed by atoms with van der Waals surface area (Å²) in [5, 5.41) is 9.36. The van der Waals surface area contributed by atoms with Crippen LogP contribution in [0.25, 0.3) is 0 Å². The minimum absolute atomic E-state index is 0.0223. The highest BCUT2D eigenvalue weighted by Crippen LogP contribution is 2.21. The van der Waals surface area contributed by atoms with Crippen molar-refractivity contribution < 1.29 is 5.11 Å². The molecule has 3 nitrogen and oxygen atoms in total. The van der Waals surface area contributed by atoms with Crippen LogP contribution in [0.3, 0.4) is 0 Å². The first-order valence-electron chi connectivity index (χ1n) is 6.17. The molecule has 0 aliphatic heterocycles. The number of pyridine rings is 1. The number of rotatable bonds is 5. The van der Waals surface area contributed by atoms with Crippen LogP contribution in [-0.2, 0) is 13.2 Å². The molecule has 1 heterocycles. The predicted molar refractivity (Wildman–Crippen MR) is 73.3 cm³/mol. The van der Waals surface area contributed by atoms with Crippen molar-refractivity contribution in [3.8, 4) is 0 Å². The van der Waals surface area contributed by atoms with Gasteiger partial charge in [-0.2, -0.15) is 0 Å². The van der Waals surface area contributed by atoms with Crippen molar-refractivity contribution in [1.82, 2.24) is 4.98 Å². The van der Waals surface area contributed by atoms with Crippen LogP contribution in [0.15, 0.2) is 48.8 Å². The Morgan fingerprint density at radius 1 is 1.17 bits per heavy atom. The van der Waals surface area contributed by atoms with Gasteiger partial charge in [0.2, 0.25) is 0 Å². The fraction of sp³-hybridized carbons (Fsp3) is 0.267. The molecule has 3 heteroatoms. The molecule has 0 bridgehead atoms. The Balaban J connectivity index is 2.23. The zero-order chi connectivity index (χ0) is 12.8. The van der Waals surface area contributed by atoms with Crippen molar-refractivity contribution in [2.75, 3.05) is 11.4 Å². The van der Waals surface area contributed by atoms with Gasteiger partial charge in [0.25, 0.3) is 0 Å². The molecule has 0 aliphatic rings. The van der Waals surface area contributed by atoms with Crippen molar-refractivity contribution >= 4 is 5.69 Å². The summed E-state index contributed by atoms with van der Waals surface area (Å²) in [6.45, 7) is 3.87. The van der Waals surface area contributed by atoms with Gasteiger partial charge in [-0.05, 0) is 18.6 Å². The standard InChI is InChI=1S/C15H18N2O/c1-2-17(11-13-6-4-3-5-7-13)15-8-9-16-10-14(15)12-18/h3-10,18H,2,11-12H2,1H3. The molecule has 0 spiro atoms. The van der Waals surface area contributed by atoms with E-state index >= 15 is 0 Å². The molecule has 1 N–H and O–H groups in total. The van der Waals surface area contributed by atoms with E-state index in [0.29, 0.717) is 0 Å². The molecule has 0 saturated carbocycles. The van der Waals surface area contributed by atoms with Crippen LogP contribution in [0.5, 0.6) is 0 Å². The van der Waals surface area contributed by atoms with Gasteiger partial charge in [0.1, 0.15) is 0 Å². The van der Waals surface area contributed by atoms with Crippen molar-refractivity contribution in [2.24, 2.45) is 0 Å². The second-order valence-electron chi connectivity index (χ2n) is 4.16. The summed E-state index contributed by atoms with van der Waals surface area (Å²) in [5.41, 5.74) is 3.19. The molecule has 94 valence electrons. The van der Waals surface area contributed by atoms with E-state index in [4.69, 9.17) is 0 Å². The Labute approximate surface area is 108 Å². The Bertz CT molecular complexity index is 485. The zero-order valence-corrected chi connectivity index (χ0v) is 10.6. The van der Waals surface area contributed by atoms with Crippen LogP contribution < -0.4 is 4.90 Å². The highest BCUT2D eigenvalue weighted by atomic mass is 16.3. The lowest BCUT2D eigenvalue weighted by Crippen LogP contribution is -2.23. The summed E-state index contributed by atoms with van der Waals surface area (Å²) in [7, 11) is 0. The minimum atomic E-state index is 0.0223. The Morgan fingerprint density at radius 3 is 2.61 bits per heavy atom. The van der Waals surface area contributed by atoms with Crippen LogP contribution >= 0.6 is 0 Å². The summed E-state index contributed by atoms with van der Waals surface area (Å²) in [4.78, 5) is 6.29. The first-order valence-corrected chi connectivity index (χ1v) is 6.17. The summed E-state index contributed by atoms with van der Waals surface area (Å²) in [5.74, 6) is 0. The van der Waals surface area contributed by atoms with Gasteiger partial charge >= 0.3 is 0 Å². The molecule has 0 aliphatic carbocycles. The van der Waals surface area contributed by atoms with Crippen LogP contribution in [0.2, 0.25) is 0 Å². The second kappa shape index (κ2) is 6.17. The van der Waals surface area contributed by atoms with E-state index in [-0.39, 0.29) is 6.61 Å². The minimum Gasteiger partial charge on any atom is -0.392 e. The first kappa shape index (κ1) is 12.6. The van der Waals surface area contributed by atoms with Crippen LogP contribution in [0.4, 0.5) is 5.69 Å². The van der Waals surface area contributed by atoms with E-state index in [0.717, 1.165) is 24.3 Å². The zero-order valence-electron chi connectivity index (χ0n) is 10.6. The van der Waals surface area contributed by atoms with Crippen molar-refractivity contribution in [1.29, 1.82) is 0 Å². The van der Waals surface area contributed by atoms with E-state index in [1.54, 1.807) is 12.4 Å². The number of hydrogen-bond donors (Lipinski definition) is 1. The highest BCUT2D eigenvalue weighted by Gasteiger charge is 2.09. The van der Waals surface area contributed by atoms with Crippen molar-refractivity contribution in [3.05, 3.63) is 59.9 Å². The number of aromatic nitrogens is 1. The molecule has 0 atom stereocenters. The summed E-state index contributed by atoms with van der Waals surface area (Å²) >= 11 is 0. The van der Waals surface area contributed by atoms with Gasteiger partial charge in [0.15, 0.2) is 0 Å². The molecule has 0 fully saturated rings. The largest absolute Gasteiger partial charge is 0.392 e. The quantitative estimate of drug-likeness (QED) is 0.875. The van der Waals surface area contributed by atoms with Gasteiger partial charge in [-0.15, -0.1) is 0 Å². The average molecular weight is 242 g/mol. The van der Waals surface area contributed by atoms with Gasteiger partial charge in [-0.3, -0.25) is 4.98 Å².